The molecule has 148 valence electrons. The summed E-state index contributed by atoms with van der Waals surface area (Å²) in [5.41, 5.74) is 0.855. The zero-order valence-corrected chi connectivity index (χ0v) is 18.7. The third-order valence-electron chi connectivity index (χ3n) is 4.14. The third-order valence-corrected chi connectivity index (χ3v) is 7.62. The molecule has 0 unspecified atom stereocenters. The first kappa shape index (κ1) is 20.9. The Hall–Kier alpha value is -1.84. The van der Waals surface area contributed by atoms with Gasteiger partial charge >= 0.3 is 0 Å². The highest BCUT2D eigenvalue weighted by atomic mass is 79.9. The van der Waals surface area contributed by atoms with Gasteiger partial charge in [0.25, 0.3) is 0 Å². The Morgan fingerprint density at radius 3 is 2.50 bits per heavy atom. The summed E-state index contributed by atoms with van der Waals surface area (Å²) in [4.78, 5) is 0.322. The summed E-state index contributed by atoms with van der Waals surface area (Å²) in [6, 6.07) is 14.3. The Balaban J connectivity index is 1.75. The van der Waals surface area contributed by atoms with E-state index in [4.69, 9.17) is 4.74 Å². The summed E-state index contributed by atoms with van der Waals surface area (Å²) in [5.74, 6) is 1.85. The van der Waals surface area contributed by atoms with Crippen LogP contribution in [0.25, 0.3) is 11.4 Å². The smallest absolute Gasteiger partial charge is 0.191 e. The van der Waals surface area contributed by atoms with E-state index in [1.165, 1.54) is 11.8 Å². The zero-order chi connectivity index (χ0) is 20.1. The first-order chi connectivity index (χ1) is 13.5. The van der Waals surface area contributed by atoms with Gasteiger partial charge in [-0.05, 0) is 43.3 Å². The molecular weight excluding hydrogens is 462 g/mol. The van der Waals surface area contributed by atoms with Crippen LogP contribution in [0.15, 0.2) is 63.1 Å². The van der Waals surface area contributed by atoms with Crippen LogP contribution in [0, 0.1) is 0 Å². The van der Waals surface area contributed by atoms with Gasteiger partial charge in [0.1, 0.15) is 5.75 Å². The largest absolute Gasteiger partial charge is 0.496 e. The molecule has 0 fully saturated rings. The van der Waals surface area contributed by atoms with Crippen molar-refractivity contribution in [3.63, 3.8) is 0 Å². The molecular formula is C19H20BrN3O3S2. The summed E-state index contributed by atoms with van der Waals surface area (Å²) >= 11 is 4.70. The molecule has 0 aliphatic carbocycles. The van der Waals surface area contributed by atoms with Gasteiger partial charge in [-0.3, -0.25) is 0 Å². The summed E-state index contributed by atoms with van der Waals surface area (Å²) in [5, 5.41) is 9.26. The van der Waals surface area contributed by atoms with Crippen molar-refractivity contribution in [1.82, 2.24) is 14.8 Å². The van der Waals surface area contributed by atoms with Crippen LogP contribution >= 0.6 is 27.7 Å². The number of methoxy groups -OCH3 is 1. The van der Waals surface area contributed by atoms with Crippen LogP contribution in [0.4, 0.5) is 0 Å². The highest BCUT2D eigenvalue weighted by molar-refractivity contribution is 9.10. The Bertz CT molecular complexity index is 1050. The van der Waals surface area contributed by atoms with E-state index in [9.17, 15) is 8.42 Å². The second-order valence-electron chi connectivity index (χ2n) is 5.87. The van der Waals surface area contributed by atoms with Gasteiger partial charge in [-0.25, -0.2) is 8.42 Å². The van der Waals surface area contributed by atoms with Crippen LogP contribution < -0.4 is 4.74 Å². The lowest BCUT2D eigenvalue weighted by molar-refractivity contribution is 0.416. The lowest BCUT2D eigenvalue weighted by atomic mass is 10.2. The number of para-hydroxylation sites is 1. The monoisotopic (exact) mass is 481 g/mol. The van der Waals surface area contributed by atoms with Crippen LogP contribution in [-0.4, -0.2) is 41.8 Å². The Kier molecular flexibility index (Phi) is 6.79. The number of hydrogen-bond donors (Lipinski definition) is 0. The van der Waals surface area contributed by atoms with Gasteiger partial charge in [-0.2, -0.15) is 0 Å². The van der Waals surface area contributed by atoms with Crippen LogP contribution in [0.3, 0.4) is 0 Å². The Morgan fingerprint density at radius 1 is 1.11 bits per heavy atom. The molecule has 0 radical (unpaired) electrons. The maximum absolute atomic E-state index is 12.5. The topological polar surface area (TPSA) is 74.1 Å². The first-order valence-electron chi connectivity index (χ1n) is 8.64. The van der Waals surface area contributed by atoms with Gasteiger partial charge in [0, 0.05) is 16.8 Å². The van der Waals surface area contributed by atoms with E-state index in [0.717, 1.165) is 15.8 Å². The standard InChI is InChI=1S/C19H20BrN3O3S2/c1-3-23-18(16-6-4-5-7-17(16)26-2)21-22-19(23)27-12-13-28(24,25)15-10-8-14(20)9-11-15/h4-11H,3,12-13H2,1-2H3. The van der Waals surface area contributed by atoms with Crippen LogP contribution in [0.1, 0.15) is 6.92 Å². The van der Waals surface area contributed by atoms with Crippen molar-refractivity contribution in [1.29, 1.82) is 0 Å². The molecule has 28 heavy (non-hydrogen) atoms. The van der Waals surface area contributed by atoms with Gasteiger partial charge in [0.2, 0.25) is 0 Å². The number of benzene rings is 2. The van der Waals surface area contributed by atoms with Gasteiger partial charge < -0.3 is 9.30 Å². The molecule has 0 atom stereocenters. The summed E-state index contributed by atoms with van der Waals surface area (Å²) in [6.07, 6.45) is 0. The number of thioether (sulfide) groups is 1. The predicted molar refractivity (Wildman–Crippen MR) is 115 cm³/mol. The average molecular weight is 482 g/mol. The lowest BCUT2D eigenvalue weighted by Crippen LogP contribution is -2.09. The zero-order valence-electron chi connectivity index (χ0n) is 15.5. The molecule has 0 spiro atoms. The van der Waals surface area contributed by atoms with Crippen molar-refractivity contribution in [2.75, 3.05) is 18.6 Å². The molecule has 0 amide bonds. The van der Waals surface area contributed by atoms with E-state index in [1.54, 1.807) is 31.4 Å². The van der Waals surface area contributed by atoms with Crippen LogP contribution in [0.5, 0.6) is 5.75 Å². The maximum atomic E-state index is 12.5. The predicted octanol–water partition coefficient (Wildman–Crippen LogP) is 4.30. The van der Waals surface area contributed by atoms with Crippen molar-refractivity contribution in [3.8, 4) is 17.1 Å². The molecule has 3 aromatic rings. The van der Waals surface area contributed by atoms with E-state index in [1.807, 2.05) is 35.8 Å². The van der Waals surface area contributed by atoms with E-state index in [2.05, 4.69) is 26.1 Å². The third kappa shape index (κ3) is 4.59. The van der Waals surface area contributed by atoms with Gasteiger partial charge in [-0.1, -0.05) is 39.8 Å². The van der Waals surface area contributed by atoms with Crippen molar-refractivity contribution in [2.45, 2.75) is 23.5 Å². The van der Waals surface area contributed by atoms with Crippen molar-refractivity contribution in [3.05, 3.63) is 53.0 Å². The fraction of sp³-hybridized carbons (Fsp3) is 0.263. The second-order valence-corrected chi connectivity index (χ2v) is 9.96. The highest BCUT2D eigenvalue weighted by Gasteiger charge is 2.18. The molecule has 0 saturated heterocycles. The molecule has 3 rings (SSSR count). The maximum Gasteiger partial charge on any atom is 0.191 e. The van der Waals surface area contributed by atoms with Crippen LogP contribution in [0.2, 0.25) is 0 Å². The first-order valence-corrected chi connectivity index (χ1v) is 12.1. The van der Waals surface area contributed by atoms with Crippen LogP contribution in [-0.2, 0) is 16.4 Å². The van der Waals surface area contributed by atoms with Crippen molar-refractivity contribution < 1.29 is 13.2 Å². The molecule has 2 aromatic carbocycles. The van der Waals surface area contributed by atoms with Crippen molar-refractivity contribution in [2.24, 2.45) is 0 Å². The summed E-state index contributed by atoms with van der Waals surface area (Å²) in [6.45, 7) is 2.67. The minimum absolute atomic E-state index is 0.0276. The molecule has 0 bridgehead atoms. The minimum atomic E-state index is -3.34. The van der Waals surface area contributed by atoms with E-state index < -0.39 is 9.84 Å². The summed E-state index contributed by atoms with van der Waals surface area (Å²) < 4.78 is 33.3. The van der Waals surface area contributed by atoms with E-state index >= 15 is 0 Å². The second kappa shape index (κ2) is 9.11. The molecule has 6 nitrogen and oxygen atoms in total. The normalized spacial score (nSPS) is 11.5. The number of halogens is 1. The molecule has 0 saturated carbocycles. The number of nitrogens with zero attached hydrogens (tertiary/aromatic N) is 3. The molecule has 0 N–H and O–H groups in total. The lowest BCUT2D eigenvalue weighted by Gasteiger charge is -2.10. The van der Waals surface area contributed by atoms with Gasteiger partial charge in [-0.15, -0.1) is 10.2 Å². The summed E-state index contributed by atoms with van der Waals surface area (Å²) in [7, 11) is -1.72. The highest BCUT2D eigenvalue weighted by Crippen LogP contribution is 2.31. The molecule has 0 aliphatic rings. The molecule has 1 heterocycles. The number of hydrogen-bond acceptors (Lipinski definition) is 6. The quantitative estimate of drug-likeness (QED) is 0.446. The fourth-order valence-electron chi connectivity index (χ4n) is 2.71. The fourth-order valence-corrected chi connectivity index (χ4v) is 5.63. The number of sulfone groups is 1. The molecule has 9 heteroatoms. The molecule has 1 aromatic heterocycles. The number of aromatic nitrogens is 3. The van der Waals surface area contributed by atoms with Crippen molar-refractivity contribution >= 4 is 37.5 Å². The van der Waals surface area contributed by atoms with E-state index in [-0.39, 0.29) is 5.75 Å². The average Bonchev–Trinajstić information content (AvgIpc) is 3.10. The Labute approximate surface area is 177 Å². The number of ether oxygens (including phenoxy) is 1. The van der Waals surface area contributed by atoms with E-state index in [0.29, 0.717) is 28.2 Å². The number of rotatable bonds is 8. The minimum Gasteiger partial charge on any atom is -0.496 e. The Morgan fingerprint density at radius 2 is 1.82 bits per heavy atom. The van der Waals surface area contributed by atoms with Gasteiger partial charge in [0.15, 0.2) is 20.8 Å². The van der Waals surface area contributed by atoms with Gasteiger partial charge in [0.05, 0.1) is 23.3 Å². The SMILES string of the molecule is CCn1c(SCCS(=O)(=O)c2ccc(Br)cc2)nnc1-c1ccccc1OC. The molecule has 0 aliphatic heterocycles.